The highest BCUT2D eigenvalue weighted by Crippen LogP contribution is 2.34. The van der Waals surface area contributed by atoms with Crippen LogP contribution in [0.5, 0.6) is 0 Å². The summed E-state index contributed by atoms with van der Waals surface area (Å²) in [5.41, 5.74) is 0. The summed E-state index contributed by atoms with van der Waals surface area (Å²) in [4.78, 5) is 11.5. The monoisotopic (exact) mass is 162 g/mol. The molecule has 0 N–H and O–H groups in total. The van der Waals surface area contributed by atoms with Crippen molar-refractivity contribution in [2.24, 2.45) is 0 Å². The number of halogens is 1. The van der Waals surface area contributed by atoms with Crippen LogP contribution in [0.4, 0.5) is 0 Å². The summed E-state index contributed by atoms with van der Waals surface area (Å²) in [6.45, 7) is 1.56. The van der Waals surface area contributed by atoms with E-state index < -0.39 is 0 Å². The van der Waals surface area contributed by atoms with Gasteiger partial charge in [0.15, 0.2) is 5.78 Å². The van der Waals surface area contributed by atoms with Crippen LogP contribution in [0, 0.1) is 0 Å². The predicted octanol–water partition coefficient (Wildman–Crippen LogP) is 2.16. The smallest absolute Gasteiger partial charge is 0.165 e. The summed E-state index contributed by atoms with van der Waals surface area (Å²) in [5.74, 6) is 0.128. The van der Waals surface area contributed by atoms with Crippen molar-refractivity contribution in [2.75, 3.05) is 0 Å². The van der Waals surface area contributed by atoms with E-state index in [1.807, 2.05) is 6.08 Å². The Kier molecular flexibility index (Phi) is 2.19. The summed E-state index contributed by atoms with van der Waals surface area (Å²) in [5, 5.41) is 0. The molecule has 1 aliphatic heterocycles. The molecule has 0 saturated carbocycles. The molecule has 0 aromatic carbocycles. The van der Waals surface area contributed by atoms with Crippen LogP contribution >= 0.6 is 23.4 Å². The van der Waals surface area contributed by atoms with Crippen molar-refractivity contribution in [1.29, 1.82) is 0 Å². The summed E-state index contributed by atoms with van der Waals surface area (Å²) in [6.07, 6.45) is 2.71. The van der Waals surface area contributed by atoms with E-state index in [1.165, 1.54) is 11.8 Å². The molecule has 1 nitrogen and oxygen atoms in total. The van der Waals surface area contributed by atoms with Gasteiger partial charge in [-0.15, -0.1) is 23.4 Å². The van der Waals surface area contributed by atoms with Gasteiger partial charge in [-0.1, -0.05) is 6.08 Å². The average Bonchev–Trinajstić information content (AvgIpc) is 2.14. The zero-order valence-electron chi connectivity index (χ0n) is 5.06. The zero-order valence-corrected chi connectivity index (χ0v) is 6.63. The van der Waals surface area contributed by atoms with Gasteiger partial charge in [-0.2, -0.15) is 0 Å². The predicted molar refractivity (Wildman–Crippen MR) is 40.6 cm³/mol. The Morgan fingerprint density at radius 3 is 2.89 bits per heavy atom. The van der Waals surface area contributed by atoms with Crippen molar-refractivity contribution >= 4 is 29.1 Å². The van der Waals surface area contributed by atoms with Crippen molar-refractivity contribution in [3.8, 4) is 0 Å². The van der Waals surface area contributed by atoms with E-state index in [9.17, 15) is 4.79 Å². The second-order valence-electron chi connectivity index (χ2n) is 1.89. The first-order valence-corrected chi connectivity index (χ1v) is 4.03. The lowest BCUT2D eigenvalue weighted by Crippen LogP contribution is -1.89. The average molecular weight is 163 g/mol. The molecule has 0 amide bonds. The molecule has 1 atom stereocenters. The van der Waals surface area contributed by atoms with Crippen LogP contribution in [0.15, 0.2) is 11.0 Å². The van der Waals surface area contributed by atoms with Crippen LogP contribution < -0.4 is 0 Å². The van der Waals surface area contributed by atoms with E-state index in [4.69, 9.17) is 11.6 Å². The quantitative estimate of drug-likeness (QED) is 0.550. The topological polar surface area (TPSA) is 17.1 Å². The van der Waals surface area contributed by atoms with E-state index in [0.29, 0.717) is 0 Å². The highest BCUT2D eigenvalue weighted by atomic mass is 35.5. The highest BCUT2D eigenvalue weighted by Gasteiger charge is 2.17. The molecule has 0 aromatic heterocycles. The third-order valence-electron chi connectivity index (χ3n) is 1.09. The molecule has 3 heteroatoms. The third kappa shape index (κ3) is 1.73. The summed E-state index contributed by atoms with van der Waals surface area (Å²) >= 11 is 7.16. The molecule has 50 valence electrons. The number of Topliss-reactive ketones (excluding diaryl/α,β-unsaturated/α-hetero) is 1. The Labute approximate surface area is 63.5 Å². The van der Waals surface area contributed by atoms with Gasteiger partial charge in [-0.05, 0) is 13.3 Å². The van der Waals surface area contributed by atoms with Gasteiger partial charge in [-0.3, -0.25) is 4.79 Å². The van der Waals surface area contributed by atoms with E-state index in [2.05, 4.69) is 0 Å². The van der Waals surface area contributed by atoms with Gasteiger partial charge in [0.1, 0.15) is 0 Å². The maximum Gasteiger partial charge on any atom is 0.165 e. The van der Waals surface area contributed by atoms with E-state index in [0.717, 1.165) is 11.3 Å². The molecule has 0 fully saturated rings. The lowest BCUT2D eigenvalue weighted by molar-refractivity contribution is -0.112. The SMILES string of the molecule is CC(=O)C1=CCC(Cl)S1. The van der Waals surface area contributed by atoms with E-state index in [-0.39, 0.29) is 10.5 Å². The van der Waals surface area contributed by atoms with Crippen molar-refractivity contribution < 1.29 is 4.79 Å². The number of ketones is 1. The maximum atomic E-state index is 10.6. The van der Waals surface area contributed by atoms with Crippen LogP contribution in [-0.4, -0.2) is 10.5 Å². The fourth-order valence-corrected chi connectivity index (χ4v) is 1.86. The Bertz CT molecular complexity index is 164. The van der Waals surface area contributed by atoms with Gasteiger partial charge < -0.3 is 0 Å². The first kappa shape index (κ1) is 7.16. The Hall–Kier alpha value is 0.0500. The zero-order chi connectivity index (χ0) is 6.85. The van der Waals surface area contributed by atoms with Crippen LogP contribution in [-0.2, 0) is 4.79 Å². The first-order chi connectivity index (χ1) is 4.20. The summed E-state index contributed by atoms with van der Waals surface area (Å²) < 4.78 is 0.0869. The number of rotatable bonds is 1. The lowest BCUT2D eigenvalue weighted by atomic mass is 10.3. The lowest BCUT2D eigenvalue weighted by Gasteiger charge is -1.95. The number of thioether (sulfide) groups is 1. The van der Waals surface area contributed by atoms with Crippen molar-refractivity contribution in [1.82, 2.24) is 0 Å². The normalized spacial score (nSPS) is 26.0. The Morgan fingerprint density at radius 1 is 2.00 bits per heavy atom. The molecule has 0 saturated heterocycles. The Morgan fingerprint density at radius 2 is 2.67 bits per heavy atom. The standard InChI is InChI=1S/C6H7ClOS/c1-4(8)5-2-3-6(7)9-5/h2,6H,3H2,1H3. The van der Waals surface area contributed by atoms with Crippen LogP contribution in [0.1, 0.15) is 13.3 Å². The molecule has 9 heavy (non-hydrogen) atoms. The second kappa shape index (κ2) is 2.76. The van der Waals surface area contributed by atoms with Crippen LogP contribution in [0.2, 0.25) is 0 Å². The minimum atomic E-state index is 0.0869. The number of hydrogen-bond donors (Lipinski definition) is 0. The minimum absolute atomic E-state index is 0.0869. The molecule has 0 bridgehead atoms. The molecule has 1 rings (SSSR count). The van der Waals surface area contributed by atoms with Gasteiger partial charge in [0, 0.05) is 4.91 Å². The maximum absolute atomic E-state index is 10.6. The summed E-state index contributed by atoms with van der Waals surface area (Å²) in [7, 11) is 0. The van der Waals surface area contributed by atoms with Gasteiger partial charge in [0.2, 0.25) is 0 Å². The molecule has 1 aliphatic rings. The van der Waals surface area contributed by atoms with Crippen molar-refractivity contribution in [2.45, 2.75) is 18.1 Å². The fraction of sp³-hybridized carbons (Fsp3) is 0.500. The number of carbonyl (C=O) groups is 1. The first-order valence-electron chi connectivity index (χ1n) is 2.72. The molecule has 0 aliphatic carbocycles. The minimum Gasteiger partial charge on any atom is -0.294 e. The van der Waals surface area contributed by atoms with Gasteiger partial charge in [-0.25, -0.2) is 0 Å². The Balaban J connectivity index is 2.55. The number of carbonyl (C=O) groups excluding carboxylic acids is 1. The highest BCUT2D eigenvalue weighted by molar-refractivity contribution is 8.05. The van der Waals surface area contributed by atoms with Crippen LogP contribution in [0.25, 0.3) is 0 Å². The van der Waals surface area contributed by atoms with Gasteiger partial charge in [0.05, 0.1) is 4.71 Å². The molecule has 1 heterocycles. The molecule has 0 radical (unpaired) electrons. The number of allylic oxidation sites excluding steroid dienone is 2. The number of alkyl halides is 1. The largest absolute Gasteiger partial charge is 0.294 e. The van der Waals surface area contributed by atoms with Crippen molar-refractivity contribution in [3.05, 3.63) is 11.0 Å². The fourth-order valence-electron chi connectivity index (χ4n) is 0.660. The van der Waals surface area contributed by atoms with Crippen LogP contribution in [0.3, 0.4) is 0 Å². The molecule has 0 spiro atoms. The second-order valence-corrected chi connectivity index (χ2v) is 3.92. The molecule has 1 unspecified atom stereocenters. The van der Waals surface area contributed by atoms with Gasteiger partial charge >= 0.3 is 0 Å². The van der Waals surface area contributed by atoms with E-state index in [1.54, 1.807) is 6.92 Å². The number of hydrogen-bond acceptors (Lipinski definition) is 2. The molecular weight excluding hydrogens is 156 g/mol. The molecule has 0 aromatic rings. The molecular formula is C6H7ClOS. The van der Waals surface area contributed by atoms with Gasteiger partial charge in [0.25, 0.3) is 0 Å². The van der Waals surface area contributed by atoms with E-state index >= 15 is 0 Å². The van der Waals surface area contributed by atoms with Crippen molar-refractivity contribution in [3.63, 3.8) is 0 Å². The third-order valence-corrected chi connectivity index (χ3v) is 2.69. The summed E-state index contributed by atoms with van der Waals surface area (Å²) in [6, 6.07) is 0.